The molecule has 0 aliphatic rings. The van der Waals surface area contributed by atoms with E-state index in [1.165, 1.54) is 33.4 Å². The normalized spacial score (nSPS) is 10.6. The van der Waals surface area contributed by atoms with Gasteiger partial charge in [0.1, 0.15) is 0 Å². The second-order valence-electron chi connectivity index (χ2n) is 6.30. The van der Waals surface area contributed by atoms with Gasteiger partial charge in [-0.1, -0.05) is 109 Å². The Morgan fingerprint density at radius 1 is 0.320 bits per heavy atom. The van der Waals surface area contributed by atoms with E-state index < -0.39 is 0 Å². The molecule has 120 valence electrons. The number of rotatable bonds is 4. The molecular weight excluding hydrogens is 300 g/mol. The number of hydrogen-bond acceptors (Lipinski definition) is 0. The van der Waals surface area contributed by atoms with Crippen LogP contribution in [0.2, 0.25) is 0 Å². The molecule has 0 fully saturated rings. The Hall–Kier alpha value is -3.12. The van der Waals surface area contributed by atoms with E-state index in [9.17, 15) is 0 Å². The summed E-state index contributed by atoms with van der Waals surface area (Å²) >= 11 is 0. The Balaban J connectivity index is 1.52. The summed E-state index contributed by atoms with van der Waals surface area (Å²) in [4.78, 5) is 0. The Labute approximate surface area is 149 Å². The van der Waals surface area contributed by atoms with Crippen LogP contribution in [0, 0.1) is 0 Å². The van der Waals surface area contributed by atoms with Crippen LogP contribution < -0.4 is 0 Å². The van der Waals surface area contributed by atoms with E-state index in [4.69, 9.17) is 0 Å². The van der Waals surface area contributed by atoms with Gasteiger partial charge in [0.05, 0.1) is 0 Å². The third-order valence-corrected chi connectivity index (χ3v) is 4.53. The fourth-order valence-corrected chi connectivity index (χ4v) is 3.13. The first-order valence-corrected chi connectivity index (χ1v) is 8.67. The molecule has 0 aliphatic heterocycles. The molecule has 4 rings (SSSR count). The van der Waals surface area contributed by atoms with Crippen molar-refractivity contribution in [2.45, 2.75) is 6.42 Å². The summed E-state index contributed by atoms with van der Waals surface area (Å²) in [5.74, 6) is 0. The molecule has 0 nitrogen and oxygen atoms in total. The zero-order valence-corrected chi connectivity index (χ0v) is 14.1. The first-order valence-electron chi connectivity index (χ1n) is 8.67. The van der Waals surface area contributed by atoms with E-state index in [0.717, 1.165) is 6.42 Å². The molecule has 0 spiro atoms. The standard InChI is InChI=1S/C25H20/c1-3-7-20(8-4-1)19-21-11-13-23(14-12-21)25-17-15-24(16-18-25)22-9-5-2-6-10-22/h1-18H,19H2. The summed E-state index contributed by atoms with van der Waals surface area (Å²) in [6.07, 6.45) is 0.980. The van der Waals surface area contributed by atoms with Crippen LogP contribution in [0.15, 0.2) is 109 Å². The van der Waals surface area contributed by atoms with Crippen molar-refractivity contribution in [3.8, 4) is 22.3 Å². The van der Waals surface area contributed by atoms with Crippen LogP contribution in [-0.2, 0) is 6.42 Å². The summed E-state index contributed by atoms with van der Waals surface area (Å²) in [5, 5.41) is 0. The first kappa shape index (κ1) is 15.4. The Morgan fingerprint density at radius 2 is 0.680 bits per heavy atom. The fourth-order valence-electron chi connectivity index (χ4n) is 3.13. The Morgan fingerprint density at radius 3 is 1.20 bits per heavy atom. The lowest BCUT2D eigenvalue weighted by Crippen LogP contribution is -1.87. The molecule has 0 saturated carbocycles. The first-order chi connectivity index (χ1) is 12.4. The SMILES string of the molecule is c1ccc(Cc2ccc(-c3ccc(-c4ccccc4)cc3)cc2)cc1. The van der Waals surface area contributed by atoms with Crippen molar-refractivity contribution in [2.24, 2.45) is 0 Å². The number of hydrogen-bond donors (Lipinski definition) is 0. The summed E-state index contributed by atoms with van der Waals surface area (Å²) in [5.41, 5.74) is 7.72. The molecule has 0 amide bonds. The van der Waals surface area contributed by atoms with Gasteiger partial charge >= 0.3 is 0 Å². The van der Waals surface area contributed by atoms with Crippen molar-refractivity contribution in [2.75, 3.05) is 0 Å². The minimum atomic E-state index is 0.980. The minimum absolute atomic E-state index is 0.980. The molecule has 25 heavy (non-hydrogen) atoms. The van der Waals surface area contributed by atoms with E-state index in [0.29, 0.717) is 0 Å². The quantitative estimate of drug-likeness (QED) is 0.397. The number of benzene rings is 4. The topological polar surface area (TPSA) is 0 Å². The van der Waals surface area contributed by atoms with Crippen LogP contribution in [0.4, 0.5) is 0 Å². The lowest BCUT2D eigenvalue weighted by molar-refractivity contribution is 1.19. The zero-order valence-electron chi connectivity index (χ0n) is 14.1. The van der Waals surface area contributed by atoms with Gasteiger partial charge in [-0.25, -0.2) is 0 Å². The van der Waals surface area contributed by atoms with Crippen molar-refractivity contribution < 1.29 is 0 Å². The highest BCUT2D eigenvalue weighted by molar-refractivity contribution is 5.70. The molecule has 0 radical (unpaired) electrons. The predicted molar refractivity (Wildman–Crippen MR) is 107 cm³/mol. The molecule has 0 atom stereocenters. The maximum atomic E-state index is 2.23. The van der Waals surface area contributed by atoms with E-state index in [1.54, 1.807) is 0 Å². The second-order valence-corrected chi connectivity index (χ2v) is 6.30. The molecule has 0 aliphatic carbocycles. The van der Waals surface area contributed by atoms with Gasteiger partial charge in [-0.2, -0.15) is 0 Å². The molecule has 0 bridgehead atoms. The van der Waals surface area contributed by atoms with Crippen molar-refractivity contribution in [3.63, 3.8) is 0 Å². The summed E-state index contributed by atoms with van der Waals surface area (Å²) in [6.45, 7) is 0. The monoisotopic (exact) mass is 320 g/mol. The molecule has 0 aromatic heterocycles. The highest BCUT2D eigenvalue weighted by Gasteiger charge is 2.01. The lowest BCUT2D eigenvalue weighted by Gasteiger charge is -2.07. The summed E-state index contributed by atoms with van der Waals surface area (Å²) < 4.78 is 0. The molecule has 0 heteroatoms. The maximum absolute atomic E-state index is 2.23. The van der Waals surface area contributed by atoms with Gasteiger partial charge in [0, 0.05) is 0 Å². The highest BCUT2D eigenvalue weighted by atomic mass is 14.1. The van der Waals surface area contributed by atoms with E-state index in [1.807, 2.05) is 0 Å². The van der Waals surface area contributed by atoms with Gasteiger partial charge < -0.3 is 0 Å². The average molecular weight is 320 g/mol. The minimum Gasteiger partial charge on any atom is -0.0622 e. The van der Waals surface area contributed by atoms with Gasteiger partial charge in [-0.15, -0.1) is 0 Å². The van der Waals surface area contributed by atoms with Crippen LogP contribution in [0.1, 0.15) is 11.1 Å². The fraction of sp³-hybridized carbons (Fsp3) is 0.0400. The zero-order chi connectivity index (χ0) is 16.9. The van der Waals surface area contributed by atoms with E-state index >= 15 is 0 Å². The van der Waals surface area contributed by atoms with E-state index in [2.05, 4.69) is 109 Å². The van der Waals surface area contributed by atoms with Gasteiger partial charge in [0.25, 0.3) is 0 Å². The Bertz CT molecular complexity index is 919. The maximum Gasteiger partial charge on any atom is -0.00258 e. The van der Waals surface area contributed by atoms with Gasteiger partial charge in [0.15, 0.2) is 0 Å². The average Bonchev–Trinajstić information content (AvgIpc) is 2.70. The molecule has 0 saturated heterocycles. The molecule has 0 N–H and O–H groups in total. The van der Waals surface area contributed by atoms with Crippen molar-refractivity contribution in [1.82, 2.24) is 0 Å². The third kappa shape index (κ3) is 3.70. The van der Waals surface area contributed by atoms with Crippen molar-refractivity contribution in [1.29, 1.82) is 0 Å². The Kier molecular flexibility index (Phi) is 4.43. The lowest BCUT2D eigenvalue weighted by atomic mass is 9.98. The molecular formula is C25H20. The molecule has 4 aromatic carbocycles. The van der Waals surface area contributed by atoms with Crippen LogP contribution in [0.3, 0.4) is 0 Å². The van der Waals surface area contributed by atoms with Crippen LogP contribution in [0.25, 0.3) is 22.3 Å². The van der Waals surface area contributed by atoms with Gasteiger partial charge in [-0.3, -0.25) is 0 Å². The molecule has 0 unspecified atom stereocenters. The van der Waals surface area contributed by atoms with Crippen LogP contribution in [-0.4, -0.2) is 0 Å². The van der Waals surface area contributed by atoms with Gasteiger partial charge in [-0.05, 0) is 39.8 Å². The third-order valence-electron chi connectivity index (χ3n) is 4.53. The largest absolute Gasteiger partial charge is 0.0622 e. The second kappa shape index (κ2) is 7.19. The highest BCUT2D eigenvalue weighted by Crippen LogP contribution is 2.25. The molecule has 4 aromatic rings. The van der Waals surface area contributed by atoms with Crippen molar-refractivity contribution in [3.05, 3.63) is 120 Å². The van der Waals surface area contributed by atoms with E-state index in [-0.39, 0.29) is 0 Å². The van der Waals surface area contributed by atoms with Crippen molar-refractivity contribution >= 4 is 0 Å². The van der Waals surface area contributed by atoms with Gasteiger partial charge in [0.2, 0.25) is 0 Å². The van der Waals surface area contributed by atoms with Crippen LogP contribution >= 0.6 is 0 Å². The smallest absolute Gasteiger partial charge is 0.00258 e. The summed E-state index contributed by atoms with van der Waals surface area (Å²) in [6, 6.07) is 38.8. The predicted octanol–water partition coefficient (Wildman–Crippen LogP) is 6.61. The summed E-state index contributed by atoms with van der Waals surface area (Å²) in [7, 11) is 0. The molecule has 0 heterocycles. The van der Waals surface area contributed by atoms with Crippen LogP contribution in [0.5, 0.6) is 0 Å².